The Morgan fingerprint density at radius 2 is 2.41 bits per heavy atom. The van der Waals surface area contributed by atoms with Crippen molar-refractivity contribution in [3.05, 3.63) is 21.4 Å². The average molecular weight is 251 g/mol. The molecule has 1 fully saturated rings. The number of likely N-dealkylation sites (tertiary alicyclic amines) is 1. The summed E-state index contributed by atoms with van der Waals surface area (Å²) in [6.07, 6.45) is 0.997. The molecule has 1 aromatic heterocycles. The van der Waals surface area contributed by atoms with Gasteiger partial charge in [0.2, 0.25) is 0 Å². The molecule has 2 unspecified atom stereocenters. The molecule has 1 saturated heterocycles. The van der Waals surface area contributed by atoms with Crippen LogP contribution in [0.25, 0.3) is 0 Å². The second-order valence-corrected chi connectivity index (χ2v) is 6.21. The average Bonchev–Trinajstić information content (AvgIpc) is 2.88. The number of amides is 1. The zero-order valence-electron chi connectivity index (χ0n) is 10.2. The Balaban J connectivity index is 1.76. The second-order valence-electron chi connectivity index (χ2n) is 4.92. The Morgan fingerprint density at radius 1 is 1.59 bits per heavy atom. The van der Waals surface area contributed by atoms with Gasteiger partial charge >= 0.3 is 6.09 Å². The molecule has 1 aromatic rings. The van der Waals surface area contributed by atoms with Crippen LogP contribution in [0.3, 0.4) is 0 Å². The summed E-state index contributed by atoms with van der Waals surface area (Å²) < 4.78 is 5.07. The predicted molar refractivity (Wildman–Crippen MR) is 67.6 cm³/mol. The van der Waals surface area contributed by atoms with E-state index in [1.165, 1.54) is 15.3 Å². The summed E-state index contributed by atoms with van der Waals surface area (Å²) in [6.45, 7) is 6.19. The standard InChI is InChI=1S/C13H17NO2S/c1-3-16-13(15)14-6-10-5-9-4-8(2)17-12(9)11(10)7-14/h4,10-11H,3,5-7H2,1-2H3. The molecule has 0 N–H and O–H groups in total. The van der Waals surface area contributed by atoms with Crippen molar-refractivity contribution in [2.45, 2.75) is 26.2 Å². The lowest BCUT2D eigenvalue weighted by Crippen LogP contribution is -2.30. The zero-order valence-corrected chi connectivity index (χ0v) is 11.0. The number of carbonyl (C=O) groups is 1. The quantitative estimate of drug-likeness (QED) is 0.768. The van der Waals surface area contributed by atoms with Gasteiger partial charge in [-0.3, -0.25) is 0 Å². The molecule has 0 spiro atoms. The molecular formula is C13H17NO2S. The van der Waals surface area contributed by atoms with E-state index in [-0.39, 0.29) is 6.09 Å². The first-order chi connectivity index (χ1) is 8.19. The van der Waals surface area contributed by atoms with E-state index >= 15 is 0 Å². The van der Waals surface area contributed by atoms with E-state index in [1.54, 1.807) is 0 Å². The van der Waals surface area contributed by atoms with E-state index in [1.807, 2.05) is 23.2 Å². The summed E-state index contributed by atoms with van der Waals surface area (Å²) in [5.41, 5.74) is 1.52. The minimum atomic E-state index is -0.142. The van der Waals surface area contributed by atoms with Gasteiger partial charge in [-0.05, 0) is 37.8 Å². The molecule has 0 aromatic carbocycles. The molecule has 2 atom stereocenters. The minimum Gasteiger partial charge on any atom is -0.450 e. The summed E-state index contributed by atoms with van der Waals surface area (Å²) >= 11 is 1.90. The van der Waals surface area contributed by atoms with Crippen molar-refractivity contribution in [3.63, 3.8) is 0 Å². The predicted octanol–water partition coefficient (Wildman–Crippen LogP) is 2.78. The fourth-order valence-electron chi connectivity index (χ4n) is 3.08. The SMILES string of the molecule is CCOC(=O)N1CC2Cc3cc(C)sc3C2C1. The minimum absolute atomic E-state index is 0.142. The van der Waals surface area contributed by atoms with Crippen LogP contribution in [0.4, 0.5) is 4.79 Å². The second kappa shape index (κ2) is 4.02. The number of thiophene rings is 1. The number of aryl methyl sites for hydroxylation is 1. The van der Waals surface area contributed by atoms with Crippen molar-refractivity contribution in [2.75, 3.05) is 19.7 Å². The maximum Gasteiger partial charge on any atom is 0.409 e. The van der Waals surface area contributed by atoms with Gasteiger partial charge in [-0.1, -0.05) is 0 Å². The fourth-order valence-corrected chi connectivity index (χ4v) is 4.32. The zero-order chi connectivity index (χ0) is 12.0. The van der Waals surface area contributed by atoms with Gasteiger partial charge in [0.15, 0.2) is 0 Å². The fraction of sp³-hybridized carbons (Fsp3) is 0.615. The highest BCUT2D eigenvalue weighted by molar-refractivity contribution is 7.12. The third-order valence-electron chi connectivity index (χ3n) is 3.75. The lowest BCUT2D eigenvalue weighted by molar-refractivity contribution is 0.114. The summed E-state index contributed by atoms with van der Waals surface area (Å²) in [6, 6.07) is 2.31. The highest BCUT2D eigenvalue weighted by Gasteiger charge is 2.42. The van der Waals surface area contributed by atoms with Crippen LogP contribution in [0.5, 0.6) is 0 Å². The Morgan fingerprint density at radius 3 is 3.18 bits per heavy atom. The Bertz CT molecular complexity index is 454. The van der Waals surface area contributed by atoms with Crippen LogP contribution in [0.15, 0.2) is 6.07 Å². The third kappa shape index (κ3) is 1.75. The molecule has 1 aliphatic heterocycles. The number of nitrogens with zero attached hydrogens (tertiary/aromatic N) is 1. The van der Waals surface area contributed by atoms with E-state index in [0.29, 0.717) is 18.4 Å². The summed E-state index contributed by atoms with van der Waals surface area (Å²) in [5, 5.41) is 0. The van der Waals surface area contributed by atoms with Gasteiger partial charge < -0.3 is 9.64 Å². The number of hydrogen-bond acceptors (Lipinski definition) is 3. The summed E-state index contributed by atoms with van der Waals surface area (Å²) in [5.74, 6) is 1.19. The van der Waals surface area contributed by atoms with Crippen molar-refractivity contribution in [1.29, 1.82) is 0 Å². The lowest BCUT2D eigenvalue weighted by Gasteiger charge is -2.16. The smallest absolute Gasteiger partial charge is 0.409 e. The molecule has 2 aliphatic rings. The molecule has 2 heterocycles. The van der Waals surface area contributed by atoms with Crippen LogP contribution in [-0.2, 0) is 11.2 Å². The number of ether oxygens (including phenoxy) is 1. The van der Waals surface area contributed by atoms with E-state index in [4.69, 9.17) is 4.74 Å². The normalized spacial score (nSPS) is 25.9. The molecule has 3 rings (SSSR count). The van der Waals surface area contributed by atoms with Crippen molar-refractivity contribution in [2.24, 2.45) is 5.92 Å². The molecule has 1 aliphatic carbocycles. The monoisotopic (exact) mass is 251 g/mol. The van der Waals surface area contributed by atoms with Crippen LogP contribution in [0.1, 0.15) is 28.2 Å². The first-order valence-electron chi connectivity index (χ1n) is 6.20. The van der Waals surface area contributed by atoms with Crippen LogP contribution in [0.2, 0.25) is 0 Å². The first kappa shape index (κ1) is 11.1. The van der Waals surface area contributed by atoms with Gasteiger partial charge in [-0.2, -0.15) is 0 Å². The number of rotatable bonds is 1. The molecule has 0 saturated carbocycles. The molecule has 1 amide bonds. The number of fused-ring (bicyclic) bond motifs is 3. The molecule has 17 heavy (non-hydrogen) atoms. The molecular weight excluding hydrogens is 234 g/mol. The van der Waals surface area contributed by atoms with Gasteiger partial charge in [0, 0.05) is 28.8 Å². The van der Waals surface area contributed by atoms with Crippen molar-refractivity contribution >= 4 is 17.4 Å². The molecule has 0 bridgehead atoms. The third-order valence-corrected chi connectivity index (χ3v) is 4.98. The topological polar surface area (TPSA) is 29.5 Å². The Hall–Kier alpha value is -1.03. The summed E-state index contributed by atoms with van der Waals surface area (Å²) in [7, 11) is 0. The maximum atomic E-state index is 11.7. The van der Waals surface area contributed by atoms with Crippen molar-refractivity contribution in [3.8, 4) is 0 Å². The maximum absolute atomic E-state index is 11.7. The van der Waals surface area contributed by atoms with E-state index in [2.05, 4.69) is 13.0 Å². The van der Waals surface area contributed by atoms with Gasteiger partial charge in [0.1, 0.15) is 0 Å². The van der Waals surface area contributed by atoms with E-state index in [0.717, 1.165) is 19.5 Å². The van der Waals surface area contributed by atoms with E-state index < -0.39 is 0 Å². The van der Waals surface area contributed by atoms with Gasteiger partial charge in [0.05, 0.1) is 6.61 Å². The lowest BCUT2D eigenvalue weighted by atomic mass is 10.0. The van der Waals surface area contributed by atoms with Crippen LogP contribution >= 0.6 is 11.3 Å². The molecule has 0 radical (unpaired) electrons. The van der Waals surface area contributed by atoms with Gasteiger partial charge in [-0.25, -0.2) is 4.79 Å². The van der Waals surface area contributed by atoms with Crippen LogP contribution in [-0.4, -0.2) is 30.7 Å². The van der Waals surface area contributed by atoms with Crippen LogP contribution in [0, 0.1) is 12.8 Å². The number of hydrogen-bond donors (Lipinski definition) is 0. The van der Waals surface area contributed by atoms with Gasteiger partial charge in [0.25, 0.3) is 0 Å². The Labute approximate surface area is 105 Å². The van der Waals surface area contributed by atoms with Crippen molar-refractivity contribution < 1.29 is 9.53 Å². The van der Waals surface area contributed by atoms with E-state index in [9.17, 15) is 4.79 Å². The Kier molecular flexibility index (Phi) is 2.62. The largest absolute Gasteiger partial charge is 0.450 e. The first-order valence-corrected chi connectivity index (χ1v) is 7.01. The molecule has 3 nitrogen and oxygen atoms in total. The highest BCUT2D eigenvalue weighted by atomic mass is 32.1. The summed E-state index contributed by atoms with van der Waals surface area (Å²) in [4.78, 5) is 16.5. The molecule has 4 heteroatoms. The number of carbonyl (C=O) groups excluding carboxylic acids is 1. The highest BCUT2D eigenvalue weighted by Crippen LogP contribution is 2.46. The van der Waals surface area contributed by atoms with Crippen LogP contribution < -0.4 is 0 Å². The van der Waals surface area contributed by atoms with Crippen molar-refractivity contribution in [1.82, 2.24) is 4.90 Å². The van der Waals surface area contributed by atoms with Gasteiger partial charge in [-0.15, -0.1) is 11.3 Å². The molecule has 92 valence electrons.